The fraction of sp³-hybridized carbons (Fsp3) is 0.909. The highest BCUT2D eigenvalue weighted by molar-refractivity contribution is 6.74. The third kappa shape index (κ3) is 3.88. The first-order valence-electron chi connectivity index (χ1n) is 5.68. The zero-order valence-corrected chi connectivity index (χ0v) is 12.5. The lowest BCUT2D eigenvalue weighted by Crippen LogP contribution is -2.52. The fourth-order valence-corrected chi connectivity index (χ4v) is 2.52. The summed E-state index contributed by atoms with van der Waals surface area (Å²) >= 11 is 0. The quantitative estimate of drug-likeness (QED) is 0.738. The molecule has 0 saturated carbocycles. The Morgan fingerprint density at radius 1 is 1.38 bits per heavy atom. The van der Waals surface area contributed by atoms with E-state index in [1.54, 1.807) is 7.05 Å². The fourth-order valence-electron chi connectivity index (χ4n) is 1.09. The number of amides is 1. The van der Waals surface area contributed by atoms with Crippen LogP contribution in [0.5, 0.6) is 0 Å². The normalized spacial score (nSPS) is 16.8. The van der Waals surface area contributed by atoms with Gasteiger partial charge < -0.3 is 15.5 Å². The molecule has 0 aromatic heterocycles. The number of carbonyl (C=O) groups excluding carboxylic acids is 1. The minimum atomic E-state index is -1.85. The molecule has 0 saturated heterocycles. The SMILES string of the molecule is CNC(=O)[C@@H](N)[C@@H](C)O[Si](C)(C)C(C)(C)C. The molecule has 0 rings (SSSR count). The van der Waals surface area contributed by atoms with E-state index in [9.17, 15) is 4.79 Å². The molecule has 0 aromatic rings. The van der Waals surface area contributed by atoms with E-state index in [-0.39, 0.29) is 17.0 Å². The van der Waals surface area contributed by atoms with Crippen molar-refractivity contribution in [2.24, 2.45) is 5.73 Å². The van der Waals surface area contributed by atoms with Crippen LogP contribution in [0.4, 0.5) is 0 Å². The molecule has 0 aliphatic rings. The molecular formula is C11H26N2O2Si. The first kappa shape index (κ1) is 15.6. The minimum Gasteiger partial charge on any atom is -0.412 e. The summed E-state index contributed by atoms with van der Waals surface area (Å²) in [6.07, 6.45) is -0.249. The highest BCUT2D eigenvalue weighted by Crippen LogP contribution is 2.37. The molecule has 0 heterocycles. The van der Waals surface area contributed by atoms with Crippen molar-refractivity contribution in [1.82, 2.24) is 5.32 Å². The van der Waals surface area contributed by atoms with E-state index in [1.165, 1.54) is 0 Å². The molecule has 0 aliphatic carbocycles. The Labute approximate surface area is 100 Å². The highest BCUT2D eigenvalue weighted by Gasteiger charge is 2.39. The molecule has 4 nitrogen and oxygen atoms in total. The first-order chi connectivity index (χ1) is 7.03. The van der Waals surface area contributed by atoms with E-state index in [1.807, 2.05) is 6.92 Å². The van der Waals surface area contributed by atoms with E-state index in [4.69, 9.17) is 10.2 Å². The van der Waals surface area contributed by atoms with Gasteiger partial charge in [-0.25, -0.2) is 0 Å². The summed E-state index contributed by atoms with van der Waals surface area (Å²) in [4.78, 5) is 11.4. The van der Waals surface area contributed by atoms with Gasteiger partial charge in [-0.2, -0.15) is 0 Å². The maximum absolute atomic E-state index is 11.4. The summed E-state index contributed by atoms with van der Waals surface area (Å²) in [6, 6.07) is -0.598. The predicted octanol–water partition coefficient (Wildman–Crippen LogP) is 1.47. The van der Waals surface area contributed by atoms with Crippen molar-refractivity contribution in [1.29, 1.82) is 0 Å². The Hall–Kier alpha value is -0.393. The van der Waals surface area contributed by atoms with Crippen molar-refractivity contribution >= 4 is 14.2 Å². The number of likely N-dealkylation sites (N-methyl/N-ethyl adjacent to an activating group) is 1. The van der Waals surface area contributed by atoms with Crippen LogP contribution in [0.3, 0.4) is 0 Å². The highest BCUT2D eigenvalue weighted by atomic mass is 28.4. The van der Waals surface area contributed by atoms with Gasteiger partial charge in [0.25, 0.3) is 0 Å². The zero-order chi connectivity index (χ0) is 13.1. The number of carbonyl (C=O) groups is 1. The summed E-state index contributed by atoms with van der Waals surface area (Å²) < 4.78 is 6.04. The van der Waals surface area contributed by atoms with Crippen LogP contribution < -0.4 is 11.1 Å². The second kappa shape index (κ2) is 5.29. The summed E-state index contributed by atoms with van der Waals surface area (Å²) in [6.45, 7) is 12.7. The number of hydrogen-bond acceptors (Lipinski definition) is 3. The van der Waals surface area contributed by atoms with Crippen LogP contribution in [0.2, 0.25) is 18.1 Å². The van der Waals surface area contributed by atoms with Gasteiger partial charge in [0.2, 0.25) is 5.91 Å². The molecule has 16 heavy (non-hydrogen) atoms. The van der Waals surface area contributed by atoms with Crippen molar-refractivity contribution in [2.75, 3.05) is 7.05 Å². The maximum Gasteiger partial charge on any atom is 0.239 e. The Balaban J connectivity index is 4.56. The second-order valence-electron chi connectivity index (χ2n) is 5.72. The molecule has 0 spiro atoms. The van der Waals surface area contributed by atoms with Gasteiger partial charge >= 0.3 is 0 Å². The molecule has 3 N–H and O–H groups in total. The van der Waals surface area contributed by atoms with Gasteiger partial charge in [0.1, 0.15) is 6.04 Å². The third-order valence-electron chi connectivity index (χ3n) is 3.34. The van der Waals surface area contributed by atoms with Crippen molar-refractivity contribution < 1.29 is 9.22 Å². The van der Waals surface area contributed by atoms with Gasteiger partial charge in [0.15, 0.2) is 8.32 Å². The lowest BCUT2D eigenvalue weighted by atomic mass is 10.2. The van der Waals surface area contributed by atoms with Gasteiger partial charge in [0, 0.05) is 7.05 Å². The number of nitrogens with two attached hydrogens (primary N) is 1. The van der Waals surface area contributed by atoms with E-state index >= 15 is 0 Å². The van der Waals surface area contributed by atoms with Crippen molar-refractivity contribution in [3.05, 3.63) is 0 Å². The molecule has 0 aromatic carbocycles. The Kier molecular flexibility index (Phi) is 5.16. The predicted molar refractivity (Wildman–Crippen MR) is 69.8 cm³/mol. The van der Waals surface area contributed by atoms with E-state index in [2.05, 4.69) is 39.2 Å². The molecule has 0 unspecified atom stereocenters. The Morgan fingerprint density at radius 3 is 2.12 bits per heavy atom. The number of nitrogens with one attached hydrogen (secondary N) is 1. The average molecular weight is 246 g/mol. The average Bonchev–Trinajstić information content (AvgIpc) is 2.12. The van der Waals surface area contributed by atoms with E-state index in [0.29, 0.717) is 0 Å². The van der Waals surface area contributed by atoms with Crippen molar-refractivity contribution in [3.63, 3.8) is 0 Å². The van der Waals surface area contributed by atoms with Crippen molar-refractivity contribution in [2.45, 2.75) is 58.0 Å². The smallest absolute Gasteiger partial charge is 0.239 e. The maximum atomic E-state index is 11.4. The molecule has 2 atom stereocenters. The van der Waals surface area contributed by atoms with E-state index < -0.39 is 14.4 Å². The number of rotatable bonds is 4. The molecule has 0 bridgehead atoms. The zero-order valence-electron chi connectivity index (χ0n) is 11.5. The van der Waals surface area contributed by atoms with Crippen LogP contribution in [-0.4, -0.2) is 33.4 Å². The van der Waals surface area contributed by atoms with Gasteiger partial charge in [0.05, 0.1) is 6.10 Å². The largest absolute Gasteiger partial charge is 0.412 e. The van der Waals surface area contributed by atoms with Gasteiger partial charge in [-0.05, 0) is 25.1 Å². The van der Waals surface area contributed by atoms with Gasteiger partial charge in [-0.3, -0.25) is 4.79 Å². The first-order valence-corrected chi connectivity index (χ1v) is 8.58. The van der Waals surface area contributed by atoms with E-state index in [0.717, 1.165) is 0 Å². The van der Waals surface area contributed by atoms with Gasteiger partial charge in [-0.15, -0.1) is 0 Å². The molecule has 96 valence electrons. The summed E-state index contributed by atoms with van der Waals surface area (Å²) in [5.41, 5.74) is 5.81. The lowest BCUT2D eigenvalue weighted by molar-refractivity contribution is -0.123. The standard InChI is InChI=1S/C11H26N2O2Si/c1-8(9(12)10(14)13-5)15-16(6,7)11(2,3)4/h8-9H,12H2,1-7H3,(H,13,14)/t8-,9+/m1/s1. The van der Waals surface area contributed by atoms with Crippen LogP contribution >= 0.6 is 0 Å². The van der Waals surface area contributed by atoms with Crippen LogP contribution in [0.1, 0.15) is 27.7 Å². The lowest BCUT2D eigenvalue weighted by Gasteiger charge is -2.39. The summed E-state index contributed by atoms with van der Waals surface area (Å²) in [5, 5.41) is 2.67. The van der Waals surface area contributed by atoms with Gasteiger partial charge in [-0.1, -0.05) is 20.8 Å². The second-order valence-corrected chi connectivity index (χ2v) is 10.5. The van der Waals surface area contributed by atoms with Crippen LogP contribution in [0, 0.1) is 0 Å². The Morgan fingerprint density at radius 2 is 1.81 bits per heavy atom. The summed E-state index contributed by atoms with van der Waals surface area (Å²) in [5.74, 6) is -0.175. The van der Waals surface area contributed by atoms with Crippen LogP contribution in [-0.2, 0) is 9.22 Å². The number of hydrogen-bond donors (Lipinski definition) is 2. The van der Waals surface area contributed by atoms with Crippen LogP contribution in [0.15, 0.2) is 0 Å². The molecule has 5 heteroatoms. The molecule has 0 fully saturated rings. The molecule has 0 radical (unpaired) electrons. The molecular weight excluding hydrogens is 220 g/mol. The topological polar surface area (TPSA) is 64.4 Å². The Bertz CT molecular complexity index is 249. The summed E-state index contributed by atoms with van der Waals surface area (Å²) in [7, 11) is -0.265. The monoisotopic (exact) mass is 246 g/mol. The molecule has 0 aliphatic heterocycles. The molecule has 1 amide bonds. The van der Waals surface area contributed by atoms with Crippen molar-refractivity contribution in [3.8, 4) is 0 Å². The minimum absolute atomic E-state index is 0.129. The third-order valence-corrected chi connectivity index (χ3v) is 7.91. The van der Waals surface area contributed by atoms with Crippen LogP contribution in [0.25, 0.3) is 0 Å².